The van der Waals surface area contributed by atoms with Crippen LogP contribution in [0.5, 0.6) is 0 Å². The van der Waals surface area contributed by atoms with Crippen molar-refractivity contribution in [1.29, 1.82) is 0 Å². The minimum absolute atomic E-state index is 0.0259. The minimum Gasteiger partial charge on any atom is -0.398 e. The Morgan fingerprint density at radius 2 is 1.08 bits per heavy atom. The lowest BCUT2D eigenvalue weighted by molar-refractivity contribution is 0.483. The van der Waals surface area contributed by atoms with Crippen LogP contribution >= 0.6 is 0 Å². The summed E-state index contributed by atoms with van der Waals surface area (Å²) in [6, 6.07) is 23.9. The van der Waals surface area contributed by atoms with Gasteiger partial charge in [-0.25, -0.2) is 0 Å². The normalized spacial score (nSPS) is 10.9. The first-order valence-electron chi connectivity index (χ1n) is 10.2. The molecule has 4 aromatic rings. The molecule has 0 saturated carbocycles. The lowest BCUT2D eigenvalue weighted by atomic mass is 10.1. The van der Waals surface area contributed by atoms with Gasteiger partial charge < -0.3 is 5.73 Å². The van der Waals surface area contributed by atoms with Gasteiger partial charge in [0.15, 0.2) is 0 Å². The van der Waals surface area contributed by atoms with Crippen LogP contribution < -0.4 is 5.73 Å². The van der Waals surface area contributed by atoms with Crippen LogP contribution in [-0.2, 0) is 31.3 Å². The molecule has 0 aliphatic carbocycles. The summed E-state index contributed by atoms with van der Waals surface area (Å²) in [5.74, 6) is 0. The zero-order chi connectivity index (χ0) is 29.0. The van der Waals surface area contributed by atoms with Gasteiger partial charge in [-0.3, -0.25) is 4.55 Å². The van der Waals surface area contributed by atoms with Gasteiger partial charge in [0.1, 0.15) is 10.6 Å². The van der Waals surface area contributed by atoms with Gasteiger partial charge in [-0.15, -0.1) is 35.5 Å². The number of azo groups is 2. The molecule has 0 aliphatic heterocycles. The van der Waals surface area contributed by atoms with E-state index in [2.05, 4.69) is 20.5 Å². The van der Waals surface area contributed by atoms with Crippen molar-refractivity contribution >= 4 is 70.5 Å². The van der Waals surface area contributed by atoms with E-state index in [4.69, 9.17) is 31.0 Å². The number of nitrogens with zero attached hydrogens (tertiary/aromatic N) is 4. The molecule has 14 nitrogen and oxygen atoms in total. The van der Waals surface area contributed by atoms with Crippen LogP contribution in [-0.4, -0.2) is 38.2 Å². The predicted molar refractivity (Wildman–Crippen MR) is 139 cm³/mol. The summed E-state index contributed by atoms with van der Waals surface area (Å²) in [4.78, 5) is -0.416. The van der Waals surface area contributed by atoms with Gasteiger partial charge >= 0.3 is 21.2 Å². The number of fused-ring (bicyclic) bond motifs is 1. The Balaban J connectivity index is 0.000000590. The molecule has 202 valence electrons. The van der Waals surface area contributed by atoms with Crippen molar-refractivity contribution in [3.8, 4) is 0 Å². The monoisotopic (exact) mass is 591 g/mol. The molecule has 0 amide bonds. The van der Waals surface area contributed by atoms with Crippen LogP contribution in [0, 0.1) is 0 Å². The van der Waals surface area contributed by atoms with Crippen molar-refractivity contribution in [3.05, 3.63) is 84.9 Å². The first-order valence-corrected chi connectivity index (χ1v) is 13.6. The fraction of sp³-hybridized carbons (Fsp3) is 0. The van der Waals surface area contributed by atoms with E-state index in [0.717, 1.165) is 10.8 Å². The maximum atomic E-state index is 11.9. The molecule has 0 aromatic heterocycles. The van der Waals surface area contributed by atoms with E-state index in [-0.39, 0.29) is 11.4 Å². The molecule has 4 aromatic carbocycles. The SMILES string of the molecule is Nc1ccc(N=Nc2ccc(N=Nc3ccccc3)cc2S(=O)(=O)O)c2ccccc12.O=S(=O)=O.O=S(=O)=O. The van der Waals surface area contributed by atoms with Crippen molar-refractivity contribution in [3.63, 3.8) is 0 Å². The lowest BCUT2D eigenvalue weighted by Crippen LogP contribution is -1.98. The van der Waals surface area contributed by atoms with E-state index < -0.39 is 36.2 Å². The number of hydrogen-bond acceptors (Lipinski definition) is 13. The van der Waals surface area contributed by atoms with E-state index in [9.17, 15) is 13.0 Å². The predicted octanol–water partition coefficient (Wildman–Crippen LogP) is 4.49. The Bertz CT molecular complexity index is 1820. The zero-order valence-electron chi connectivity index (χ0n) is 19.4. The standard InChI is InChI=1S/C22H17N5O3S.2O3S/c23-19-11-13-20(18-9-5-4-8-17(18)19)26-27-21-12-10-16(14-22(21)31(28,29)30)25-24-15-6-2-1-3-7-15;2*1-4(2)3/h1-14H,23H2,(H,28,29,30);;. The third-order valence-electron chi connectivity index (χ3n) is 4.46. The largest absolute Gasteiger partial charge is 0.425 e. The Hall–Kier alpha value is -4.71. The average molecular weight is 592 g/mol. The van der Waals surface area contributed by atoms with Crippen LogP contribution in [0.4, 0.5) is 28.4 Å². The molecule has 0 atom stereocenters. The van der Waals surface area contributed by atoms with E-state index in [0.29, 0.717) is 17.1 Å². The molecule has 0 bridgehead atoms. The Morgan fingerprint density at radius 3 is 1.67 bits per heavy atom. The maximum Gasteiger partial charge on any atom is 0.425 e. The summed E-state index contributed by atoms with van der Waals surface area (Å²) in [5.41, 5.74) is 7.93. The van der Waals surface area contributed by atoms with Gasteiger partial charge in [0.2, 0.25) is 0 Å². The number of benzene rings is 4. The molecule has 0 unspecified atom stereocenters. The second-order valence-corrected chi connectivity index (χ2v) is 9.20. The molecule has 0 aliphatic rings. The van der Waals surface area contributed by atoms with Gasteiger partial charge in [-0.05, 0) is 42.5 Å². The highest BCUT2D eigenvalue weighted by Crippen LogP contribution is 2.34. The molecule has 4 rings (SSSR count). The van der Waals surface area contributed by atoms with E-state index in [1.165, 1.54) is 18.2 Å². The number of nitrogens with two attached hydrogens (primary N) is 1. The van der Waals surface area contributed by atoms with Crippen LogP contribution in [0.15, 0.2) is 110 Å². The Labute approximate surface area is 224 Å². The van der Waals surface area contributed by atoms with Crippen LogP contribution in [0.3, 0.4) is 0 Å². The minimum atomic E-state index is -4.57. The third-order valence-corrected chi connectivity index (χ3v) is 5.34. The smallest absolute Gasteiger partial charge is 0.398 e. The van der Waals surface area contributed by atoms with Crippen molar-refractivity contribution < 1.29 is 38.2 Å². The number of rotatable bonds is 5. The molecular formula is C22H17N5O9S3. The van der Waals surface area contributed by atoms with Crippen molar-refractivity contribution in [2.75, 3.05) is 5.73 Å². The molecule has 3 N–H and O–H groups in total. The zero-order valence-corrected chi connectivity index (χ0v) is 21.8. The van der Waals surface area contributed by atoms with Gasteiger partial charge in [-0.1, -0.05) is 42.5 Å². The second kappa shape index (κ2) is 14.3. The molecule has 0 radical (unpaired) electrons. The van der Waals surface area contributed by atoms with Gasteiger partial charge in [-0.2, -0.15) is 18.6 Å². The summed E-state index contributed by atoms with van der Waals surface area (Å²) in [7, 11) is -10.8. The molecular weight excluding hydrogens is 574 g/mol. The Kier molecular flexibility index (Phi) is 11.2. The highest BCUT2D eigenvalue weighted by molar-refractivity contribution is 7.86. The quantitative estimate of drug-likeness (QED) is 0.187. The Morgan fingerprint density at radius 1 is 0.590 bits per heavy atom. The van der Waals surface area contributed by atoms with Crippen LogP contribution in [0.2, 0.25) is 0 Å². The topological polar surface area (TPSA) is 232 Å². The molecule has 39 heavy (non-hydrogen) atoms. The third kappa shape index (κ3) is 10.3. The molecule has 17 heteroatoms. The lowest BCUT2D eigenvalue weighted by Gasteiger charge is -2.05. The molecule has 0 heterocycles. The number of anilines is 1. The maximum absolute atomic E-state index is 11.9. The second-order valence-electron chi connectivity index (χ2n) is 6.99. The number of nitrogen functional groups attached to an aromatic ring is 1. The molecule has 0 fully saturated rings. The molecule has 0 spiro atoms. The van der Waals surface area contributed by atoms with Gasteiger partial charge in [0, 0.05) is 16.5 Å². The van der Waals surface area contributed by atoms with E-state index in [1.54, 1.807) is 24.3 Å². The summed E-state index contributed by atoms with van der Waals surface area (Å²) < 4.78 is 84.2. The first kappa shape index (κ1) is 30.5. The van der Waals surface area contributed by atoms with Crippen LogP contribution in [0.25, 0.3) is 10.8 Å². The average Bonchev–Trinajstić information content (AvgIpc) is 2.87. The van der Waals surface area contributed by atoms with Crippen molar-refractivity contribution in [1.82, 2.24) is 0 Å². The van der Waals surface area contributed by atoms with Crippen molar-refractivity contribution in [2.45, 2.75) is 4.90 Å². The van der Waals surface area contributed by atoms with E-state index in [1.807, 2.05) is 42.5 Å². The summed E-state index contributed by atoms with van der Waals surface area (Å²) in [5, 5.41) is 17.9. The highest BCUT2D eigenvalue weighted by atomic mass is 32.2. The molecule has 0 saturated heterocycles. The summed E-state index contributed by atoms with van der Waals surface area (Å²) in [6.07, 6.45) is 0. The fourth-order valence-corrected chi connectivity index (χ4v) is 3.61. The number of hydrogen-bond donors (Lipinski definition) is 2. The summed E-state index contributed by atoms with van der Waals surface area (Å²) in [6.45, 7) is 0. The van der Waals surface area contributed by atoms with Crippen molar-refractivity contribution in [2.24, 2.45) is 20.5 Å². The van der Waals surface area contributed by atoms with E-state index >= 15 is 0 Å². The fourth-order valence-electron chi connectivity index (χ4n) is 2.97. The van der Waals surface area contributed by atoms with Crippen LogP contribution in [0.1, 0.15) is 0 Å². The van der Waals surface area contributed by atoms with Gasteiger partial charge in [0.05, 0.1) is 17.1 Å². The van der Waals surface area contributed by atoms with Gasteiger partial charge in [0.25, 0.3) is 10.1 Å². The highest BCUT2D eigenvalue weighted by Gasteiger charge is 2.17. The summed E-state index contributed by atoms with van der Waals surface area (Å²) >= 11 is 0. The first-order chi connectivity index (χ1) is 18.4.